The van der Waals surface area contributed by atoms with E-state index in [1.165, 1.54) is 24.1 Å². The van der Waals surface area contributed by atoms with Gasteiger partial charge in [-0.1, -0.05) is 0 Å². The fourth-order valence-electron chi connectivity index (χ4n) is 3.61. The van der Waals surface area contributed by atoms with Crippen LogP contribution < -0.4 is 0 Å². The number of hydrogen-bond acceptors (Lipinski definition) is 5. The third-order valence-corrected chi connectivity index (χ3v) is 7.29. The molecule has 0 spiro atoms. The standard InChI is InChI=1S/C20H19BrN4OS2/c21-18-6-19-16(17(20(18)26)7-24-4-3-22-11-24)5-15(25(19)14-1-2-14)10-27-8-13-9-28-12-23-13/h3-6,9,11-12,14,26H,1-2,7-8,10H2. The van der Waals surface area contributed by atoms with Crippen molar-refractivity contribution in [2.24, 2.45) is 0 Å². The Hall–Kier alpha value is -1.77. The lowest BCUT2D eigenvalue weighted by Crippen LogP contribution is -2.01. The van der Waals surface area contributed by atoms with Crippen LogP contribution in [-0.4, -0.2) is 24.2 Å². The highest BCUT2D eigenvalue weighted by molar-refractivity contribution is 9.10. The van der Waals surface area contributed by atoms with E-state index < -0.39 is 0 Å². The van der Waals surface area contributed by atoms with Crippen LogP contribution in [0, 0.1) is 0 Å². The number of rotatable bonds is 7. The Labute approximate surface area is 179 Å². The molecule has 0 atom stereocenters. The van der Waals surface area contributed by atoms with Gasteiger partial charge in [0.05, 0.1) is 34.1 Å². The monoisotopic (exact) mass is 474 g/mol. The fraction of sp³-hybridized carbons (Fsp3) is 0.300. The zero-order valence-corrected chi connectivity index (χ0v) is 18.3. The molecule has 5 nitrogen and oxygen atoms in total. The summed E-state index contributed by atoms with van der Waals surface area (Å²) in [6.07, 6.45) is 7.93. The van der Waals surface area contributed by atoms with Gasteiger partial charge in [0.15, 0.2) is 0 Å². The third-order valence-electron chi connectivity index (χ3n) is 5.05. The quantitative estimate of drug-likeness (QED) is 0.379. The first kappa shape index (κ1) is 18.3. The number of thioether (sulfide) groups is 1. The van der Waals surface area contributed by atoms with Crippen LogP contribution in [0.25, 0.3) is 10.9 Å². The van der Waals surface area contributed by atoms with Gasteiger partial charge in [0.25, 0.3) is 0 Å². The SMILES string of the molecule is Oc1c(Br)cc2c(cc(CSCc3cscn3)n2C2CC2)c1Cn1ccnc1. The minimum atomic E-state index is 0.316. The van der Waals surface area contributed by atoms with Gasteiger partial charge in [-0.15, -0.1) is 23.1 Å². The lowest BCUT2D eigenvalue weighted by atomic mass is 10.1. The number of benzene rings is 1. The van der Waals surface area contributed by atoms with Crippen molar-refractivity contribution < 1.29 is 5.11 Å². The second-order valence-corrected chi connectivity index (χ2v) is 9.62. The highest BCUT2D eigenvalue weighted by atomic mass is 79.9. The van der Waals surface area contributed by atoms with E-state index in [0.29, 0.717) is 18.3 Å². The van der Waals surface area contributed by atoms with E-state index in [2.05, 4.69) is 48.0 Å². The highest BCUT2D eigenvalue weighted by Gasteiger charge is 2.29. The second kappa shape index (κ2) is 7.57. The van der Waals surface area contributed by atoms with Crippen LogP contribution in [-0.2, 0) is 18.1 Å². The molecule has 1 aliphatic rings. The molecular weight excluding hydrogens is 456 g/mol. The smallest absolute Gasteiger partial charge is 0.135 e. The summed E-state index contributed by atoms with van der Waals surface area (Å²) in [6.45, 7) is 0.599. The molecule has 0 aliphatic heterocycles. The van der Waals surface area contributed by atoms with Gasteiger partial charge >= 0.3 is 0 Å². The summed E-state index contributed by atoms with van der Waals surface area (Å²) in [4.78, 5) is 8.51. The number of halogens is 1. The first-order valence-electron chi connectivity index (χ1n) is 9.15. The highest BCUT2D eigenvalue weighted by Crippen LogP contribution is 2.44. The number of imidazole rings is 1. The molecule has 144 valence electrons. The van der Waals surface area contributed by atoms with E-state index in [9.17, 15) is 5.11 Å². The molecule has 1 aromatic carbocycles. The summed E-state index contributed by atoms with van der Waals surface area (Å²) >= 11 is 7.10. The molecule has 0 radical (unpaired) electrons. The average Bonchev–Trinajstić information content (AvgIpc) is 3.09. The van der Waals surface area contributed by atoms with Crippen LogP contribution >= 0.6 is 39.0 Å². The van der Waals surface area contributed by atoms with Gasteiger partial charge in [-0.3, -0.25) is 0 Å². The van der Waals surface area contributed by atoms with Gasteiger partial charge in [0.2, 0.25) is 0 Å². The number of thiazole rings is 1. The Bertz CT molecular complexity index is 1100. The predicted molar refractivity (Wildman–Crippen MR) is 118 cm³/mol. The summed E-state index contributed by atoms with van der Waals surface area (Å²) in [5.74, 6) is 2.17. The van der Waals surface area contributed by atoms with Crippen LogP contribution in [0.1, 0.15) is 35.8 Å². The molecule has 0 amide bonds. The van der Waals surface area contributed by atoms with Crippen molar-refractivity contribution in [2.45, 2.75) is 36.9 Å². The van der Waals surface area contributed by atoms with Crippen LogP contribution in [0.15, 0.2) is 46.2 Å². The van der Waals surface area contributed by atoms with Gasteiger partial charge in [0.1, 0.15) is 5.75 Å². The number of aromatic nitrogens is 4. The second-order valence-electron chi connectivity index (χ2n) is 7.06. The van der Waals surface area contributed by atoms with Crippen molar-refractivity contribution in [2.75, 3.05) is 0 Å². The van der Waals surface area contributed by atoms with Crippen LogP contribution in [0.3, 0.4) is 0 Å². The lowest BCUT2D eigenvalue weighted by Gasteiger charge is -2.12. The molecule has 1 saturated carbocycles. The largest absolute Gasteiger partial charge is 0.506 e. The van der Waals surface area contributed by atoms with E-state index in [0.717, 1.165) is 32.6 Å². The Kier molecular flexibility index (Phi) is 4.94. The number of nitrogens with zero attached hydrogens (tertiary/aromatic N) is 4. The molecule has 3 heterocycles. The molecular formula is C20H19BrN4OS2. The van der Waals surface area contributed by atoms with Crippen molar-refractivity contribution in [3.05, 3.63) is 63.2 Å². The van der Waals surface area contributed by atoms with Gasteiger partial charge in [-0.05, 0) is 40.9 Å². The average molecular weight is 475 g/mol. The van der Waals surface area contributed by atoms with E-state index >= 15 is 0 Å². The van der Waals surface area contributed by atoms with Crippen LogP contribution in [0.5, 0.6) is 5.75 Å². The summed E-state index contributed by atoms with van der Waals surface area (Å²) in [5.41, 5.74) is 6.49. The minimum Gasteiger partial charge on any atom is -0.506 e. The van der Waals surface area contributed by atoms with Gasteiger partial charge in [-0.2, -0.15) is 0 Å². The fourth-order valence-corrected chi connectivity index (χ4v) is 5.63. The van der Waals surface area contributed by atoms with Crippen LogP contribution in [0.2, 0.25) is 0 Å². The molecule has 1 fully saturated rings. The van der Waals surface area contributed by atoms with E-state index in [4.69, 9.17) is 0 Å². The summed E-state index contributed by atoms with van der Waals surface area (Å²) in [6, 6.07) is 4.90. The molecule has 8 heteroatoms. The van der Waals surface area contributed by atoms with Crippen molar-refractivity contribution in [1.29, 1.82) is 0 Å². The molecule has 0 saturated heterocycles. The molecule has 28 heavy (non-hydrogen) atoms. The van der Waals surface area contributed by atoms with Crippen molar-refractivity contribution in [1.82, 2.24) is 19.1 Å². The Morgan fingerprint density at radius 1 is 1.29 bits per heavy atom. The predicted octanol–water partition coefficient (Wildman–Crippen LogP) is 5.58. The Morgan fingerprint density at radius 2 is 2.18 bits per heavy atom. The van der Waals surface area contributed by atoms with E-state index in [1.807, 2.05) is 28.0 Å². The summed E-state index contributed by atoms with van der Waals surface area (Å²) in [5, 5.41) is 14.0. The van der Waals surface area contributed by atoms with E-state index in [-0.39, 0.29) is 0 Å². The number of aromatic hydroxyl groups is 1. The van der Waals surface area contributed by atoms with Gasteiger partial charge in [0, 0.05) is 52.0 Å². The zero-order valence-electron chi connectivity index (χ0n) is 15.1. The molecule has 0 unspecified atom stereocenters. The molecule has 0 bridgehead atoms. The maximum absolute atomic E-state index is 10.7. The minimum absolute atomic E-state index is 0.316. The molecule has 3 aromatic heterocycles. The molecule has 4 aromatic rings. The maximum Gasteiger partial charge on any atom is 0.135 e. The lowest BCUT2D eigenvalue weighted by molar-refractivity contribution is 0.464. The normalized spacial score (nSPS) is 14.2. The maximum atomic E-state index is 10.7. The number of phenolic OH excluding ortho intramolecular Hbond substituents is 1. The number of phenols is 1. The van der Waals surface area contributed by atoms with Crippen LogP contribution in [0.4, 0.5) is 0 Å². The Morgan fingerprint density at radius 3 is 2.89 bits per heavy atom. The Balaban J connectivity index is 1.53. The number of hydrogen-bond donors (Lipinski definition) is 1. The zero-order chi connectivity index (χ0) is 19.1. The first-order chi connectivity index (χ1) is 13.7. The van der Waals surface area contributed by atoms with Crippen molar-refractivity contribution in [3.8, 4) is 5.75 Å². The molecule has 5 rings (SSSR count). The van der Waals surface area contributed by atoms with Crippen molar-refractivity contribution in [3.63, 3.8) is 0 Å². The first-order valence-corrected chi connectivity index (χ1v) is 12.0. The van der Waals surface area contributed by atoms with Gasteiger partial charge < -0.3 is 14.2 Å². The molecule has 1 aliphatic carbocycles. The van der Waals surface area contributed by atoms with E-state index in [1.54, 1.807) is 23.9 Å². The van der Waals surface area contributed by atoms with Crippen molar-refractivity contribution >= 4 is 49.9 Å². The topological polar surface area (TPSA) is 55.9 Å². The number of fused-ring (bicyclic) bond motifs is 1. The summed E-state index contributed by atoms with van der Waals surface area (Å²) < 4.78 is 5.22. The summed E-state index contributed by atoms with van der Waals surface area (Å²) in [7, 11) is 0. The molecule has 1 N–H and O–H groups in total. The third kappa shape index (κ3) is 3.49. The van der Waals surface area contributed by atoms with Gasteiger partial charge in [-0.25, -0.2) is 9.97 Å².